The van der Waals surface area contributed by atoms with Gasteiger partial charge >= 0.3 is 0 Å². The Hall–Kier alpha value is -1.60. The summed E-state index contributed by atoms with van der Waals surface area (Å²) >= 11 is 0. The van der Waals surface area contributed by atoms with E-state index in [0.717, 1.165) is 0 Å². The Balaban J connectivity index is 2.57. The largest absolute Gasteiger partial charge is 0.507 e. The lowest BCUT2D eigenvalue weighted by Crippen LogP contribution is -2.42. The molecule has 0 unspecified atom stereocenters. The van der Waals surface area contributed by atoms with Crippen LogP contribution >= 0.6 is 0 Å². The number of phenolic OH excluding ortho intramolecular Hbond substituents is 1. The lowest BCUT2D eigenvalue weighted by atomic mass is 10.2. The summed E-state index contributed by atoms with van der Waals surface area (Å²) in [6.07, 6.45) is 0.502. The van der Waals surface area contributed by atoms with E-state index < -0.39 is 15.9 Å². The minimum absolute atomic E-state index is 0.00839. The highest BCUT2D eigenvalue weighted by atomic mass is 32.2. The summed E-state index contributed by atoms with van der Waals surface area (Å²) in [5, 5.41) is 9.45. The summed E-state index contributed by atoms with van der Waals surface area (Å²) in [6, 6.07) is 5.88. The molecule has 0 fully saturated rings. The number of amides is 1. The Morgan fingerprint density at radius 3 is 2.53 bits per heavy atom. The number of hydrogen-bond donors (Lipinski definition) is 3. The second-order valence-electron chi connectivity index (χ2n) is 4.57. The van der Waals surface area contributed by atoms with Gasteiger partial charge in [-0.2, -0.15) is 0 Å². The third-order valence-corrected chi connectivity index (χ3v) is 3.62. The molecule has 0 aliphatic carbocycles. The molecule has 0 heterocycles. The van der Waals surface area contributed by atoms with Crippen LogP contribution in [-0.2, 0) is 10.0 Å². The zero-order chi connectivity index (χ0) is 14.5. The quantitative estimate of drug-likeness (QED) is 0.680. The molecule has 1 rings (SSSR count). The van der Waals surface area contributed by atoms with Gasteiger partial charge < -0.3 is 5.11 Å². The third-order valence-electron chi connectivity index (χ3n) is 2.43. The van der Waals surface area contributed by atoms with Crippen molar-refractivity contribution in [2.75, 3.05) is 5.75 Å². The molecule has 0 aromatic heterocycles. The molecule has 6 nitrogen and oxygen atoms in total. The van der Waals surface area contributed by atoms with Crippen LogP contribution in [0.5, 0.6) is 5.75 Å². The smallest absolute Gasteiger partial charge is 0.269 e. The maximum absolute atomic E-state index is 11.7. The highest BCUT2D eigenvalue weighted by Gasteiger charge is 2.15. The van der Waals surface area contributed by atoms with Gasteiger partial charge in [0.25, 0.3) is 5.91 Å². The maximum Gasteiger partial charge on any atom is 0.269 e. The van der Waals surface area contributed by atoms with E-state index in [0.29, 0.717) is 6.42 Å². The van der Waals surface area contributed by atoms with Crippen LogP contribution < -0.4 is 10.3 Å². The van der Waals surface area contributed by atoms with Crippen LogP contribution in [0.25, 0.3) is 0 Å². The Morgan fingerprint density at radius 2 is 1.95 bits per heavy atom. The number of phenols is 1. The number of aromatic hydroxyl groups is 1. The minimum atomic E-state index is -3.56. The number of sulfonamides is 1. The topological polar surface area (TPSA) is 95.5 Å². The van der Waals surface area contributed by atoms with Crippen molar-refractivity contribution in [2.24, 2.45) is 5.92 Å². The van der Waals surface area contributed by atoms with E-state index in [4.69, 9.17) is 0 Å². The van der Waals surface area contributed by atoms with Crippen molar-refractivity contribution in [3.05, 3.63) is 29.8 Å². The lowest BCUT2D eigenvalue weighted by Gasteiger charge is -2.10. The first-order valence-corrected chi connectivity index (χ1v) is 7.55. The van der Waals surface area contributed by atoms with Crippen LogP contribution in [0.1, 0.15) is 30.6 Å². The molecule has 3 N–H and O–H groups in total. The number of rotatable bonds is 6. The van der Waals surface area contributed by atoms with E-state index >= 15 is 0 Å². The number of hydrogen-bond acceptors (Lipinski definition) is 4. The van der Waals surface area contributed by atoms with Gasteiger partial charge in [0.05, 0.1) is 11.3 Å². The Labute approximate surface area is 112 Å². The Kier molecular flexibility index (Phi) is 5.31. The number of carbonyl (C=O) groups excluding carboxylic acids is 1. The molecule has 0 bridgehead atoms. The fourth-order valence-electron chi connectivity index (χ4n) is 1.30. The van der Waals surface area contributed by atoms with Crippen molar-refractivity contribution in [1.82, 2.24) is 10.3 Å². The SMILES string of the molecule is CC(C)CCS(=O)(=O)NNC(=O)c1ccccc1O. The van der Waals surface area contributed by atoms with Crippen LogP contribution in [0.4, 0.5) is 0 Å². The maximum atomic E-state index is 11.7. The normalized spacial score (nSPS) is 11.5. The Morgan fingerprint density at radius 1 is 1.32 bits per heavy atom. The molecule has 1 aromatic carbocycles. The predicted molar refractivity (Wildman–Crippen MR) is 72.0 cm³/mol. The second-order valence-corrected chi connectivity index (χ2v) is 6.42. The fourth-order valence-corrected chi connectivity index (χ4v) is 2.43. The molecule has 0 spiro atoms. The van der Waals surface area contributed by atoms with Crippen molar-refractivity contribution < 1.29 is 18.3 Å². The van der Waals surface area contributed by atoms with Gasteiger partial charge in [0, 0.05) is 0 Å². The molecule has 0 atom stereocenters. The average Bonchev–Trinajstić information content (AvgIpc) is 2.34. The van der Waals surface area contributed by atoms with E-state index in [1.165, 1.54) is 12.1 Å². The van der Waals surface area contributed by atoms with Crippen LogP contribution in [-0.4, -0.2) is 25.2 Å². The van der Waals surface area contributed by atoms with Gasteiger partial charge in [-0.3, -0.25) is 10.2 Å². The highest BCUT2D eigenvalue weighted by Crippen LogP contribution is 2.14. The van der Waals surface area contributed by atoms with E-state index in [9.17, 15) is 18.3 Å². The molecule has 1 amide bonds. The van der Waals surface area contributed by atoms with E-state index in [2.05, 4.69) is 5.43 Å². The summed E-state index contributed by atoms with van der Waals surface area (Å²) in [5.74, 6) is -0.718. The number of benzene rings is 1. The van der Waals surface area contributed by atoms with Gasteiger partial charge in [-0.25, -0.2) is 8.42 Å². The van der Waals surface area contributed by atoms with Crippen LogP contribution in [0.15, 0.2) is 24.3 Å². The van der Waals surface area contributed by atoms with E-state index in [-0.39, 0.29) is 23.0 Å². The lowest BCUT2D eigenvalue weighted by molar-refractivity contribution is 0.0942. The molecular weight excluding hydrogens is 268 g/mol. The van der Waals surface area contributed by atoms with Crippen molar-refractivity contribution >= 4 is 15.9 Å². The van der Waals surface area contributed by atoms with Gasteiger partial charge in [-0.15, -0.1) is 4.83 Å². The first kappa shape index (κ1) is 15.5. The Bertz CT molecular complexity index is 540. The minimum Gasteiger partial charge on any atom is -0.507 e. The fraction of sp³-hybridized carbons (Fsp3) is 0.417. The number of carbonyl (C=O) groups is 1. The van der Waals surface area contributed by atoms with Crippen molar-refractivity contribution in [2.45, 2.75) is 20.3 Å². The summed E-state index contributed by atoms with van der Waals surface area (Å²) in [5.41, 5.74) is 2.08. The van der Waals surface area contributed by atoms with Crippen LogP contribution in [0.2, 0.25) is 0 Å². The second kappa shape index (κ2) is 6.53. The molecule has 1 aromatic rings. The number of nitrogens with one attached hydrogen (secondary N) is 2. The van der Waals surface area contributed by atoms with Gasteiger partial charge in [-0.1, -0.05) is 26.0 Å². The predicted octanol–water partition coefficient (Wildman–Crippen LogP) is 1.00. The molecule has 0 aliphatic heterocycles. The molecular formula is C12H18N2O4S. The number of para-hydroxylation sites is 1. The summed E-state index contributed by atoms with van der Waals surface area (Å²) in [4.78, 5) is 13.7. The van der Waals surface area contributed by atoms with Gasteiger partial charge in [0.1, 0.15) is 5.75 Å². The number of hydrazine groups is 1. The first-order valence-electron chi connectivity index (χ1n) is 5.89. The zero-order valence-corrected chi connectivity index (χ0v) is 11.7. The van der Waals surface area contributed by atoms with Crippen molar-refractivity contribution in [3.8, 4) is 5.75 Å². The molecule has 106 valence electrons. The standard InChI is InChI=1S/C12H18N2O4S/c1-9(2)7-8-19(17,18)14-13-12(16)10-5-3-4-6-11(10)15/h3-6,9,14-15H,7-8H2,1-2H3,(H,13,16). The molecule has 0 saturated carbocycles. The third kappa shape index (κ3) is 5.27. The van der Waals surface area contributed by atoms with E-state index in [1.807, 2.05) is 18.7 Å². The molecule has 0 radical (unpaired) electrons. The average molecular weight is 286 g/mol. The monoisotopic (exact) mass is 286 g/mol. The molecule has 7 heteroatoms. The summed E-state index contributed by atoms with van der Waals surface area (Å²) < 4.78 is 23.1. The molecule has 0 aliphatic rings. The van der Waals surface area contributed by atoms with Gasteiger partial charge in [0.2, 0.25) is 10.0 Å². The van der Waals surface area contributed by atoms with Gasteiger partial charge in [-0.05, 0) is 24.5 Å². The summed E-state index contributed by atoms with van der Waals surface area (Å²) in [7, 11) is -3.56. The molecule has 19 heavy (non-hydrogen) atoms. The van der Waals surface area contributed by atoms with Gasteiger partial charge in [0.15, 0.2) is 0 Å². The van der Waals surface area contributed by atoms with Crippen LogP contribution in [0.3, 0.4) is 0 Å². The van der Waals surface area contributed by atoms with Crippen molar-refractivity contribution in [3.63, 3.8) is 0 Å². The van der Waals surface area contributed by atoms with Crippen molar-refractivity contribution in [1.29, 1.82) is 0 Å². The highest BCUT2D eigenvalue weighted by molar-refractivity contribution is 7.89. The summed E-state index contributed by atoms with van der Waals surface area (Å²) in [6.45, 7) is 3.83. The first-order chi connectivity index (χ1) is 8.82. The van der Waals surface area contributed by atoms with E-state index in [1.54, 1.807) is 12.1 Å². The van der Waals surface area contributed by atoms with Crippen LogP contribution in [0, 0.1) is 5.92 Å². The zero-order valence-electron chi connectivity index (χ0n) is 10.9. The molecule has 0 saturated heterocycles.